The van der Waals surface area contributed by atoms with E-state index in [4.69, 9.17) is 5.73 Å². The van der Waals surface area contributed by atoms with E-state index in [1.807, 2.05) is 24.3 Å². The zero-order valence-electron chi connectivity index (χ0n) is 12.3. The molecule has 1 fully saturated rings. The first-order valence-corrected chi connectivity index (χ1v) is 7.01. The van der Waals surface area contributed by atoms with Crippen LogP contribution in [0.4, 0.5) is 0 Å². The van der Waals surface area contributed by atoms with E-state index in [9.17, 15) is 9.59 Å². The highest BCUT2D eigenvalue weighted by atomic mass is 16.2. The zero-order valence-corrected chi connectivity index (χ0v) is 12.3. The van der Waals surface area contributed by atoms with Gasteiger partial charge < -0.3 is 10.6 Å². The molecule has 1 aliphatic heterocycles. The molecule has 4 heteroatoms. The Balaban J connectivity index is 2.19. The van der Waals surface area contributed by atoms with Gasteiger partial charge in [-0.25, -0.2) is 0 Å². The van der Waals surface area contributed by atoms with Crippen LogP contribution in [0.5, 0.6) is 0 Å². The maximum absolute atomic E-state index is 12.4. The Kier molecular flexibility index (Phi) is 3.84. The largest absolute Gasteiger partial charge is 0.368 e. The maximum atomic E-state index is 12.4. The minimum absolute atomic E-state index is 0.0605. The average Bonchev–Trinajstić information content (AvgIpc) is 2.86. The van der Waals surface area contributed by atoms with E-state index in [1.165, 1.54) is 5.56 Å². The molecular weight excluding hydrogens is 252 g/mol. The Labute approximate surface area is 119 Å². The highest BCUT2D eigenvalue weighted by Gasteiger charge is 2.33. The summed E-state index contributed by atoms with van der Waals surface area (Å²) >= 11 is 0. The normalized spacial score (nSPS) is 19.1. The summed E-state index contributed by atoms with van der Waals surface area (Å²) in [6.45, 7) is 7.00. The number of carbonyl (C=O) groups is 2. The topological polar surface area (TPSA) is 63.4 Å². The molecule has 1 saturated heterocycles. The maximum Gasteiger partial charge on any atom is 0.254 e. The molecule has 2 N–H and O–H groups in total. The van der Waals surface area contributed by atoms with Crippen LogP contribution in [0.3, 0.4) is 0 Å². The number of hydrogen-bond acceptors (Lipinski definition) is 2. The van der Waals surface area contributed by atoms with Crippen LogP contribution in [0.2, 0.25) is 0 Å². The van der Waals surface area contributed by atoms with E-state index in [1.54, 1.807) is 4.90 Å². The van der Waals surface area contributed by atoms with Crippen molar-refractivity contribution < 1.29 is 9.59 Å². The fourth-order valence-electron chi connectivity index (χ4n) is 2.58. The number of nitrogens with two attached hydrogens (primary N) is 1. The highest BCUT2D eigenvalue weighted by molar-refractivity contribution is 5.97. The Morgan fingerprint density at radius 1 is 1.20 bits per heavy atom. The van der Waals surface area contributed by atoms with Crippen LogP contribution in [0.25, 0.3) is 0 Å². The highest BCUT2D eigenvalue weighted by Crippen LogP contribution is 2.24. The second-order valence-corrected chi connectivity index (χ2v) is 6.39. The first-order chi connectivity index (χ1) is 9.30. The van der Waals surface area contributed by atoms with Crippen molar-refractivity contribution in [1.82, 2.24) is 4.90 Å². The van der Waals surface area contributed by atoms with Crippen molar-refractivity contribution in [2.24, 2.45) is 5.73 Å². The predicted octanol–water partition coefficient (Wildman–Crippen LogP) is 2.07. The minimum Gasteiger partial charge on any atom is -0.368 e. The summed E-state index contributed by atoms with van der Waals surface area (Å²) in [6.07, 6.45) is 1.50. The summed E-state index contributed by atoms with van der Waals surface area (Å²) in [7, 11) is 0. The molecule has 0 spiro atoms. The molecule has 1 atom stereocenters. The molecule has 1 aromatic carbocycles. The van der Waals surface area contributed by atoms with Gasteiger partial charge in [0.15, 0.2) is 0 Å². The molecule has 0 aromatic heterocycles. The number of amides is 2. The van der Waals surface area contributed by atoms with Gasteiger partial charge in [0.25, 0.3) is 5.91 Å². The second kappa shape index (κ2) is 5.27. The smallest absolute Gasteiger partial charge is 0.254 e. The molecule has 4 nitrogen and oxygen atoms in total. The molecule has 2 rings (SSSR count). The van der Waals surface area contributed by atoms with Gasteiger partial charge in [-0.15, -0.1) is 0 Å². The van der Waals surface area contributed by atoms with Crippen LogP contribution >= 0.6 is 0 Å². The van der Waals surface area contributed by atoms with Gasteiger partial charge in [-0.1, -0.05) is 32.9 Å². The third-order valence-corrected chi connectivity index (χ3v) is 3.84. The van der Waals surface area contributed by atoms with Crippen molar-refractivity contribution in [3.05, 3.63) is 35.4 Å². The molecule has 20 heavy (non-hydrogen) atoms. The van der Waals surface area contributed by atoms with E-state index in [2.05, 4.69) is 20.8 Å². The van der Waals surface area contributed by atoms with Crippen molar-refractivity contribution in [2.45, 2.75) is 45.1 Å². The molecule has 0 radical (unpaired) electrons. The van der Waals surface area contributed by atoms with Crippen LogP contribution in [0.1, 0.15) is 49.5 Å². The number of primary amides is 1. The van der Waals surface area contributed by atoms with Crippen LogP contribution < -0.4 is 5.73 Å². The molecule has 0 bridgehead atoms. The molecule has 0 unspecified atom stereocenters. The van der Waals surface area contributed by atoms with Crippen molar-refractivity contribution in [3.8, 4) is 0 Å². The van der Waals surface area contributed by atoms with Gasteiger partial charge in [-0.2, -0.15) is 0 Å². The van der Waals surface area contributed by atoms with Crippen LogP contribution in [-0.4, -0.2) is 29.3 Å². The van der Waals surface area contributed by atoms with Crippen LogP contribution in [0, 0.1) is 0 Å². The minimum atomic E-state index is -0.454. The lowest BCUT2D eigenvalue weighted by atomic mass is 9.86. The summed E-state index contributed by atoms with van der Waals surface area (Å²) in [5.74, 6) is -0.520. The fourth-order valence-corrected chi connectivity index (χ4v) is 2.58. The summed E-state index contributed by atoms with van der Waals surface area (Å²) < 4.78 is 0. The molecule has 0 aliphatic carbocycles. The summed E-state index contributed by atoms with van der Waals surface area (Å²) in [5, 5.41) is 0. The van der Waals surface area contributed by atoms with Gasteiger partial charge in [0.2, 0.25) is 5.91 Å². The first-order valence-electron chi connectivity index (χ1n) is 7.01. The molecule has 1 heterocycles. The van der Waals surface area contributed by atoms with Crippen molar-refractivity contribution in [3.63, 3.8) is 0 Å². The van der Waals surface area contributed by atoms with Gasteiger partial charge in [0.1, 0.15) is 6.04 Å². The fraction of sp³-hybridized carbons (Fsp3) is 0.500. The lowest BCUT2D eigenvalue weighted by Gasteiger charge is -2.23. The lowest BCUT2D eigenvalue weighted by molar-refractivity contribution is -0.121. The van der Waals surface area contributed by atoms with Crippen molar-refractivity contribution >= 4 is 11.8 Å². The standard InChI is InChI=1S/C16H22N2O2/c1-16(2,3)12-8-6-11(7-9-12)15(20)18-10-4-5-13(18)14(17)19/h6-9,13H,4-5,10H2,1-3H3,(H2,17,19)/t13-/m0/s1. The van der Waals surface area contributed by atoms with E-state index in [0.29, 0.717) is 18.5 Å². The molecular formula is C16H22N2O2. The molecule has 0 saturated carbocycles. The van der Waals surface area contributed by atoms with Crippen LogP contribution in [0.15, 0.2) is 24.3 Å². The van der Waals surface area contributed by atoms with Crippen LogP contribution in [-0.2, 0) is 10.2 Å². The quantitative estimate of drug-likeness (QED) is 0.897. The Morgan fingerprint density at radius 3 is 2.30 bits per heavy atom. The lowest BCUT2D eigenvalue weighted by Crippen LogP contribution is -2.43. The Hall–Kier alpha value is -1.84. The van der Waals surface area contributed by atoms with E-state index in [-0.39, 0.29) is 11.3 Å². The van der Waals surface area contributed by atoms with Gasteiger partial charge >= 0.3 is 0 Å². The zero-order chi connectivity index (χ0) is 14.9. The predicted molar refractivity (Wildman–Crippen MR) is 78.4 cm³/mol. The average molecular weight is 274 g/mol. The number of benzene rings is 1. The van der Waals surface area contributed by atoms with Gasteiger partial charge in [0.05, 0.1) is 0 Å². The SMILES string of the molecule is CC(C)(C)c1ccc(C(=O)N2CCC[C@H]2C(N)=O)cc1. The monoisotopic (exact) mass is 274 g/mol. The number of hydrogen-bond donors (Lipinski definition) is 1. The number of rotatable bonds is 2. The molecule has 108 valence electrons. The summed E-state index contributed by atoms with van der Waals surface area (Å²) in [6, 6.07) is 7.16. The Morgan fingerprint density at radius 2 is 1.80 bits per heavy atom. The van der Waals surface area contributed by atoms with E-state index >= 15 is 0 Å². The van der Waals surface area contributed by atoms with E-state index in [0.717, 1.165) is 6.42 Å². The third-order valence-electron chi connectivity index (χ3n) is 3.84. The van der Waals surface area contributed by atoms with E-state index < -0.39 is 11.9 Å². The van der Waals surface area contributed by atoms with Gasteiger partial charge in [-0.3, -0.25) is 9.59 Å². The Bertz CT molecular complexity index is 514. The molecule has 1 aromatic rings. The first kappa shape index (κ1) is 14.6. The summed E-state index contributed by atoms with van der Waals surface area (Å²) in [5.41, 5.74) is 7.21. The third kappa shape index (κ3) is 2.84. The van der Waals surface area contributed by atoms with Gasteiger partial charge in [-0.05, 0) is 36.0 Å². The van der Waals surface area contributed by atoms with Gasteiger partial charge in [0, 0.05) is 12.1 Å². The second-order valence-electron chi connectivity index (χ2n) is 6.39. The number of nitrogens with zero attached hydrogens (tertiary/aromatic N) is 1. The number of likely N-dealkylation sites (tertiary alicyclic amines) is 1. The van der Waals surface area contributed by atoms with Crippen molar-refractivity contribution in [1.29, 1.82) is 0 Å². The molecule has 1 aliphatic rings. The molecule has 2 amide bonds. The van der Waals surface area contributed by atoms with Crippen molar-refractivity contribution in [2.75, 3.05) is 6.54 Å². The number of carbonyl (C=O) groups excluding carboxylic acids is 2. The summed E-state index contributed by atoms with van der Waals surface area (Å²) in [4.78, 5) is 25.4.